The first-order chi connectivity index (χ1) is 17.4. The molecule has 1 saturated heterocycles. The Morgan fingerprint density at radius 1 is 0.973 bits per heavy atom. The average molecular weight is 529 g/mol. The van der Waals surface area contributed by atoms with Gasteiger partial charge in [0.15, 0.2) is 12.1 Å². The lowest BCUT2D eigenvalue weighted by molar-refractivity contribution is -0.317. The van der Waals surface area contributed by atoms with E-state index in [4.69, 9.17) is 9.47 Å². The molecule has 1 aliphatic heterocycles. The van der Waals surface area contributed by atoms with Crippen LogP contribution in [0.1, 0.15) is 65.2 Å². The van der Waals surface area contributed by atoms with Gasteiger partial charge >= 0.3 is 0 Å². The van der Waals surface area contributed by atoms with Gasteiger partial charge in [-0.3, -0.25) is 4.79 Å². The summed E-state index contributed by atoms with van der Waals surface area (Å²) in [6, 6.07) is 0. The SMILES string of the molecule is C[C@]12CC[C@H](OC3O[C@H](CO)[C@@H](O)[C@H](O)[C@H]3O)CC1CCC1C2C(O)C[C@@]2(C)C1CC[C@]2(O)C(=O)CO. The van der Waals surface area contributed by atoms with Crippen LogP contribution in [-0.4, -0.2) is 103 Å². The van der Waals surface area contributed by atoms with E-state index >= 15 is 0 Å². The molecule has 4 saturated carbocycles. The number of carbonyl (C=O) groups is 1. The molecule has 0 spiro atoms. The summed E-state index contributed by atoms with van der Waals surface area (Å²) < 4.78 is 11.7. The highest BCUT2D eigenvalue weighted by atomic mass is 16.7. The van der Waals surface area contributed by atoms with Gasteiger partial charge in [0.2, 0.25) is 0 Å². The molecular weight excluding hydrogens is 484 g/mol. The van der Waals surface area contributed by atoms with Crippen molar-refractivity contribution in [2.24, 2.45) is 34.5 Å². The monoisotopic (exact) mass is 528 g/mol. The predicted octanol–water partition coefficient (Wildman–Crippen LogP) is -0.522. The van der Waals surface area contributed by atoms with Gasteiger partial charge in [0.25, 0.3) is 0 Å². The number of hydrogen-bond donors (Lipinski definition) is 7. The van der Waals surface area contributed by atoms with Crippen molar-refractivity contribution in [2.75, 3.05) is 13.2 Å². The number of rotatable bonds is 5. The predicted molar refractivity (Wildman–Crippen MR) is 129 cm³/mol. The van der Waals surface area contributed by atoms with Crippen molar-refractivity contribution in [1.29, 1.82) is 0 Å². The lowest BCUT2D eigenvalue weighted by atomic mass is 9.43. The minimum atomic E-state index is -1.60. The summed E-state index contributed by atoms with van der Waals surface area (Å²) in [6.45, 7) is 2.96. The van der Waals surface area contributed by atoms with Crippen LogP contribution in [-0.2, 0) is 14.3 Å². The van der Waals surface area contributed by atoms with E-state index in [1.807, 2.05) is 6.92 Å². The summed E-state index contributed by atoms with van der Waals surface area (Å²) in [6.07, 6.45) is -2.09. The van der Waals surface area contributed by atoms with Crippen molar-refractivity contribution in [2.45, 2.75) is 114 Å². The molecule has 5 rings (SSSR count). The third kappa shape index (κ3) is 4.05. The van der Waals surface area contributed by atoms with Gasteiger partial charge in [-0.1, -0.05) is 13.8 Å². The molecule has 6 unspecified atom stereocenters. The van der Waals surface area contributed by atoms with Crippen molar-refractivity contribution < 1.29 is 50.0 Å². The van der Waals surface area contributed by atoms with E-state index in [1.165, 1.54) is 0 Å². The molecular formula is C27H44O10. The van der Waals surface area contributed by atoms with Crippen molar-refractivity contribution in [3.05, 3.63) is 0 Å². The lowest BCUT2D eigenvalue weighted by Crippen LogP contribution is -2.63. The summed E-state index contributed by atoms with van der Waals surface area (Å²) in [5.74, 6) is 0.0226. The molecule has 14 atom stereocenters. The maximum atomic E-state index is 12.6. The van der Waals surface area contributed by atoms with Gasteiger partial charge in [-0.25, -0.2) is 0 Å². The third-order valence-electron chi connectivity index (χ3n) is 11.5. The molecule has 1 heterocycles. The first kappa shape index (κ1) is 27.9. The van der Waals surface area contributed by atoms with Crippen molar-refractivity contribution in [1.82, 2.24) is 0 Å². The fourth-order valence-corrected chi connectivity index (χ4v) is 9.43. The fourth-order valence-electron chi connectivity index (χ4n) is 9.43. The van der Waals surface area contributed by atoms with Crippen LogP contribution in [0, 0.1) is 34.5 Å². The zero-order valence-electron chi connectivity index (χ0n) is 21.8. The summed E-state index contributed by atoms with van der Waals surface area (Å²) >= 11 is 0. The van der Waals surface area contributed by atoms with Gasteiger partial charge in [0.05, 0.1) is 18.8 Å². The van der Waals surface area contributed by atoms with Crippen molar-refractivity contribution >= 4 is 5.78 Å². The number of hydrogen-bond acceptors (Lipinski definition) is 10. The summed E-state index contributed by atoms with van der Waals surface area (Å²) in [5.41, 5.74) is -2.52. The highest BCUT2D eigenvalue weighted by Crippen LogP contribution is 2.68. The van der Waals surface area contributed by atoms with E-state index in [9.17, 15) is 40.5 Å². The molecule has 5 aliphatic rings. The normalized spacial score (nSPS) is 55.8. The molecule has 37 heavy (non-hydrogen) atoms. The van der Waals surface area contributed by atoms with Crippen LogP contribution in [0.4, 0.5) is 0 Å². The van der Waals surface area contributed by atoms with E-state index in [0.717, 1.165) is 19.3 Å². The molecule has 0 bridgehead atoms. The van der Waals surface area contributed by atoms with Gasteiger partial charge in [-0.15, -0.1) is 0 Å². The number of fused-ring (bicyclic) bond motifs is 5. The lowest BCUT2D eigenvalue weighted by Gasteiger charge is -2.63. The molecule has 10 nitrogen and oxygen atoms in total. The second-order valence-electron chi connectivity index (χ2n) is 13.0. The number of aliphatic hydroxyl groups is 7. The van der Waals surface area contributed by atoms with Crippen LogP contribution >= 0.6 is 0 Å². The average Bonchev–Trinajstić information content (AvgIpc) is 3.14. The third-order valence-corrected chi connectivity index (χ3v) is 11.5. The molecule has 212 valence electrons. The molecule has 0 amide bonds. The molecule has 0 aromatic rings. The van der Waals surface area contributed by atoms with E-state index < -0.39 is 66.8 Å². The standard InChI is InChI=1S/C27H44O10/c1-25-7-5-14(36-24-23(34)22(33)21(32)18(11-28)37-24)9-13(25)3-4-15-16-6-8-27(35,19(31)12-29)26(16,2)10-17(30)20(15)25/h13-18,20-24,28-30,32-35H,3-12H2,1-2H3/t13?,14-,15?,16?,17?,18+,20?,21+,22-,23+,24?,25-,26-,27-/m0/s1. The maximum Gasteiger partial charge on any atom is 0.190 e. The van der Waals surface area contributed by atoms with Gasteiger partial charge < -0.3 is 45.2 Å². The van der Waals surface area contributed by atoms with Crippen LogP contribution in [0.3, 0.4) is 0 Å². The number of Topliss-reactive ketones (excluding diaryl/α,β-unsaturated/α-hetero) is 1. The van der Waals surface area contributed by atoms with Crippen LogP contribution in [0.5, 0.6) is 0 Å². The van der Waals surface area contributed by atoms with Gasteiger partial charge in [-0.2, -0.15) is 0 Å². The number of aliphatic hydroxyl groups excluding tert-OH is 6. The van der Waals surface area contributed by atoms with Crippen LogP contribution < -0.4 is 0 Å². The van der Waals surface area contributed by atoms with Crippen LogP contribution in [0.15, 0.2) is 0 Å². The van der Waals surface area contributed by atoms with Crippen molar-refractivity contribution in [3.63, 3.8) is 0 Å². The smallest absolute Gasteiger partial charge is 0.190 e. The second kappa shape index (κ2) is 9.74. The van der Waals surface area contributed by atoms with Gasteiger partial charge in [0, 0.05) is 5.41 Å². The van der Waals surface area contributed by atoms with E-state index in [-0.39, 0.29) is 35.2 Å². The topological polar surface area (TPSA) is 177 Å². The Hall–Kier alpha value is -0.690. The summed E-state index contributed by atoms with van der Waals surface area (Å²) in [7, 11) is 0. The zero-order chi connectivity index (χ0) is 26.9. The van der Waals surface area contributed by atoms with E-state index in [1.54, 1.807) is 0 Å². The Labute approximate surface area is 217 Å². The number of ketones is 1. The minimum absolute atomic E-state index is 0.0316. The maximum absolute atomic E-state index is 12.6. The Balaban J connectivity index is 1.30. The van der Waals surface area contributed by atoms with Gasteiger partial charge in [0.1, 0.15) is 36.6 Å². The van der Waals surface area contributed by atoms with Crippen LogP contribution in [0.25, 0.3) is 0 Å². The quantitative estimate of drug-likeness (QED) is 0.230. The highest BCUT2D eigenvalue weighted by molar-refractivity contribution is 5.89. The zero-order valence-corrected chi connectivity index (χ0v) is 21.8. The largest absolute Gasteiger partial charge is 0.394 e. The Morgan fingerprint density at radius 3 is 2.38 bits per heavy atom. The van der Waals surface area contributed by atoms with E-state index in [2.05, 4.69) is 6.92 Å². The number of ether oxygens (including phenoxy) is 2. The molecule has 5 fully saturated rings. The molecule has 4 aliphatic carbocycles. The Morgan fingerprint density at radius 2 is 1.70 bits per heavy atom. The summed E-state index contributed by atoms with van der Waals surface area (Å²) in [4.78, 5) is 12.6. The molecule has 0 aromatic heterocycles. The minimum Gasteiger partial charge on any atom is -0.394 e. The molecule has 0 aromatic carbocycles. The summed E-state index contributed by atoms with van der Waals surface area (Å²) in [5, 5.41) is 72.5. The number of carbonyl (C=O) groups excluding carboxylic acids is 1. The van der Waals surface area contributed by atoms with Crippen molar-refractivity contribution in [3.8, 4) is 0 Å². The second-order valence-corrected chi connectivity index (χ2v) is 13.0. The Kier molecular flexibility index (Phi) is 7.34. The van der Waals surface area contributed by atoms with Crippen LogP contribution in [0.2, 0.25) is 0 Å². The van der Waals surface area contributed by atoms with E-state index in [0.29, 0.717) is 32.1 Å². The molecule has 7 N–H and O–H groups in total. The fraction of sp³-hybridized carbons (Fsp3) is 0.963. The first-order valence-corrected chi connectivity index (χ1v) is 13.9. The Bertz CT molecular complexity index is 868. The highest BCUT2D eigenvalue weighted by Gasteiger charge is 2.68. The van der Waals surface area contributed by atoms with Gasteiger partial charge in [-0.05, 0) is 80.5 Å². The molecule has 10 heteroatoms. The molecule has 0 radical (unpaired) electrons. The first-order valence-electron chi connectivity index (χ1n) is 13.9.